The number of pyridine rings is 1. The average molecular weight is 513 g/mol. The minimum Gasteiger partial charge on any atom is -0.497 e. The van der Waals surface area contributed by atoms with Gasteiger partial charge in [-0.05, 0) is 48.0 Å². The minimum absolute atomic E-state index is 0.0394. The van der Waals surface area contributed by atoms with Crippen molar-refractivity contribution in [2.45, 2.75) is 12.7 Å². The van der Waals surface area contributed by atoms with Crippen LogP contribution in [-0.4, -0.2) is 32.6 Å². The molecule has 5 aromatic rings. The second kappa shape index (κ2) is 9.12. The molecule has 36 heavy (non-hydrogen) atoms. The summed E-state index contributed by atoms with van der Waals surface area (Å²) in [4.78, 5) is 17.4. The van der Waals surface area contributed by atoms with Gasteiger partial charge in [0.15, 0.2) is 0 Å². The van der Waals surface area contributed by atoms with Gasteiger partial charge in [0.25, 0.3) is 11.7 Å². The van der Waals surface area contributed by atoms with E-state index in [0.717, 1.165) is 4.57 Å². The quantitative estimate of drug-likeness (QED) is 0.258. The van der Waals surface area contributed by atoms with Crippen molar-refractivity contribution in [1.29, 1.82) is 0 Å². The van der Waals surface area contributed by atoms with Crippen LogP contribution in [0.25, 0.3) is 22.4 Å². The number of rotatable bonds is 6. The number of nitrogens with zero attached hydrogens (tertiary/aromatic N) is 4. The van der Waals surface area contributed by atoms with Crippen LogP contribution in [0.4, 0.5) is 13.2 Å². The Kier molecular flexibility index (Phi) is 5.97. The van der Waals surface area contributed by atoms with Gasteiger partial charge < -0.3 is 13.7 Å². The van der Waals surface area contributed by atoms with E-state index in [4.69, 9.17) is 20.8 Å². The number of hydrogen-bond donors (Lipinski definition) is 0. The lowest BCUT2D eigenvalue weighted by Gasteiger charge is -2.14. The largest absolute Gasteiger partial charge is 0.497 e. The van der Waals surface area contributed by atoms with E-state index in [1.165, 1.54) is 37.7 Å². The van der Waals surface area contributed by atoms with Crippen molar-refractivity contribution in [3.63, 3.8) is 0 Å². The molecule has 3 aromatic heterocycles. The first kappa shape index (κ1) is 23.6. The van der Waals surface area contributed by atoms with Crippen LogP contribution < -0.4 is 4.74 Å². The van der Waals surface area contributed by atoms with Crippen LogP contribution in [0.2, 0.25) is 5.02 Å². The Morgan fingerprint density at radius 2 is 1.89 bits per heavy atom. The molecule has 0 bridgehead atoms. The molecule has 0 saturated carbocycles. The molecule has 0 aliphatic carbocycles. The van der Waals surface area contributed by atoms with Gasteiger partial charge in [0.2, 0.25) is 5.89 Å². The normalized spacial score (nSPS) is 11.7. The first-order valence-electron chi connectivity index (χ1n) is 10.6. The van der Waals surface area contributed by atoms with Crippen molar-refractivity contribution in [1.82, 2.24) is 19.7 Å². The number of carbonyl (C=O) groups is 1. The minimum atomic E-state index is -4.88. The number of carbonyl (C=O) groups excluding carboxylic acids is 1. The number of aromatic nitrogens is 4. The highest BCUT2D eigenvalue weighted by atomic mass is 35.5. The fraction of sp³-hybridized carbons (Fsp3) is 0.120. The number of halogens is 4. The van der Waals surface area contributed by atoms with Gasteiger partial charge >= 0.3 is 6.18 Å². The molecular weight excluding hydrogens is 497 g/mol. The molecule has 0 aliphatic heterocycles. The molecule has 0 amide bonds. The highest BCUT2D eigenvalue weighted by Gasteiger charge is 2.42. The molecule has 0 N–H and O–H groups in total. The number of alkyl halides is 3. The summed E-state index contributed by atoms with van der Waals surface area (Å²) in [6.07, 6.45) is -1.91. The van der Waals surface area contributed by atoms with Crippen LogP contribution in [-0.2, 0) is 12.7 Å². The first-order valence-corrected chi connectivity index (χ1v) is 10.9. The Hall–Kier alpha value is -4.18. The number of hydrogen-bond acceptors (Lipinski definition) is 6. The predicted octanol–water partition coefficient (Wildman–Crippen LogP) is 6.05. The molecule has 7 nitrogen and oxygen atoms in total. The third kappa shape index (κ3) is 4.31. The molecule has 0 saturated heterocycles. The third-order valence-corrected chi connectivity index (χ3v) is 5.80. The smallest absolute Gasteiger partial charge is 0.432 e. The monoisotopic (exact) mass is 512 g/mol. The maximum Gasteiger partial charge on any atom is 0.432 e. The second-order valence-electron chi connectivity index (χ2n) is 7.80. The Labute approximate surface area is 207 Å². The number of ether oxygens (including phenoxy) is 1. The summed E-state index contributed by atoms with van der Waals surface area (Å²) in [5, 5.41) is 8.04. The molecule has 182 valence electrons. The van der Waals surface area contributed by atoms with Gasteiger partial charge in [0.05, 0.1) is 18.2 Å². The molecule has 2 aromatic carbocycles. The topological polar surface area (TPSA) is 83.0 Å². The van der Waals surface area contributed by atoms with Crippen molar-refractivity contribution in [3.05, 3.63) is 94.7 Å². The lowest BCUT2D eigenvalue weighted by Crippen LogP contribution is -2.19. The lowest BCUT2D eigenvalue weighted by molar-refractivity contribution is -0.143. The third-order valence-electron chi connectivity index (χ3n) is 5.55. The maximum atomic E-state index is 14.5. The summed E-state index contributed by atoms with van der Waals surface area (Å²) in [7, 11) is 1.39. The van der Waals surface area contributed by atoms with Crippen molar-refractivity contribution in [2.24, 2.45) is 0 Å². The fourth-order valence-corrected chi connectivity index (χ4v) is 4.08. The zero-order valence-electron chi connectivity index (χ0n) is 18.6. The SMILES string of the molecule is COc1ccc2c(c1)c(C(=O)c1nnc(-c3cccnc3)o1)c(C(F)(F)F)n2Cc1ccc(Cl)cc1. The van der Waals surface area contributed by atoms with E-state index in [2.05, 4.69) is 15.2 Å². The van der Waals surface area contributed by atoms with Gasteiger partial charge in [-0.3, -0.25) is 9.78 Å². The van der Waals surface area contributed by atoms with Crippen LogP contribution in [0.5, 0.6) is 5.75 Å². The Morgan fingerprint density at radius 3 is 2.56 bits per heavy atom. The fourth-order valence-electron chi connectivity index (χ4n) is 3.95. The summed E-state index contributed by atoms with van der Waals surface area (Å²) in [5.74, 6) is -1.39. The zero-order valence-corrected chi connectivity index (χ0v) is 19.3. The molecule has 0 unspecified atom stereocenters. The molecule has 0 fully saturated rings. The van der Waals surface area contributed by atoms with E-state index in [-0.39, 0.29) is 29.1 Å². The van der Waals surface area contributed by atoms with Crippen molar-refractivity contribution in [3.8, 4) is 17.2 Å². The van der Waals surface area contributed by atoms with Gasteiger partial charge in [0.1, 0.15) is 11.4 Å². The van der Waals surface area contributed by atoms with Crippen LogP contribution in [0.15, 0.2) is 71.4 Å². The van der Waals surface area contributed by atoms with Gasteiger partial charge in [-0.1, -0.05) is 23.7 Å². The number of benzene rings is 2. The zero-order chi connectivity index (χ0) is 25.4. The highest BCUT2D eigenvalue weighted by molar-refractivity contribution is 6.30. The molecule has 0 aliphatic rings. The summed E-state index contributed by atoms with van der Waals surface area (Å²) >= 11 is 5.93. The molecule has 0 radical (unpaired) electrons. The number of methoxy groups -OCH3 is 1. The average Bonchev–Trinajstić information content (AvgIpc) is 3.49. The summed E-state index contributed by atoms with van der Waals surface area (Å²) < 4.78 is 55.4. The molecule has 0 spiro atoms. The lowest BCUT2D eigenvalue weighted by atomic mass is 10.1. The summed E-state index contributed by atoms with van der Waals surface area (Å²) in [5.41, 5.74) is -0.563. The van der Waals surface area contributed by atoms with Crippen molar-refractivity contribution >= 4 is 28.3 Å². The Bertz CT molecular complexity index is 1560. The van der Waals surface area contributed by atoms with Crippen LogP contribution >= 0.6 is 11.6 Å². The molecule has 11 heteroatoms. The van der Waals surface area contributed by atoms with Gasteiger partial charge in [-0.15, -0.1) is 10.2 Å². The molecule has 0 atom stereocenters. The summed E-state index contributed by atoms with van der Waals surface area (Å²) in [6, 6.07) is 14.1. The summed E-state index contributed by atoms with van der Waals surface area (Å²) in [6.45, 7) is -0.160. The molecule has 5 rings (SSSR count). The number of ketones is 1. The van der Waals surface area contributed by atoms with Gasteiger partial charge in [-0.25, -0.2) is 0 Å². The van der Waals surface area contributed by atoms with Gasteiger partial charge in [0, 0.05) is 34.9 Å². The first-order chi connectivity index (χ1) is 17.3. The van der Waals surface area contributed by atoms with Crippen LogP contribution in [0.1, 0.15) is 27.5 Å². The molecule has 3 heterocycles. The second-order valence-corrected chi connectivity index (χ2v) is 8.24. The van der Waals surface area contributed by atoms with Crippen LogP contribution in [0, 0.1) is 0 Å². The molecular formula is C25H16ClF3N4O3. The van der Waals surface area contributed by atoms with E-state index in [1.807, 2.05) is 0 Å². The Balaban J connectivity index is 1.71. The van der Waals surface area contributed by atoms with Gasteiger partial charge in [-0.2, -0.15) is 13.2 Å². The van der Waals surface area contributed by atoms with E-state index >= 15 is 0 Å². The van der Waals surface area contributed by atoms with Crippen molar-refractivity contribution in [2.75, 3.05) is 7.11 Å². The maximum absolute atomic E-state index is 14.5. The van der Waals surface area contributed by atoms with Crippen molar-refractivity contribution < 1.29 is 27.1 Å². The standard InChI is InChI=1S/C25H16ClF3N4O3/c1-35-17-8-9-19-18(11-17)20(21(34)24-32-31-23(36-24)15-3-2-10-30-12-15)22(25(27,28)29)33(19)13-14-4-6-16(26)7-5-14/h2-12H,13H2,1H3. The Morgan fingerprint density at radius 1 is 1.11 bits per heavy atom. The highest BCUT2D eigenvalue weighted by Crippen LogP contribution is 2.41. The van der Waals surface area contributed by atoms with E-state index in [0.29, 0.717) is 16.1 Å². The van der Waals surface area contributed by atoms with E-state index < -0.39 is 29.1 Å². The van der Waals surface area contributed by atoms with E-state index in [9.17, 15) is 18.0 Å². The predicted molar refractivity (Wildman–Crippen MR) is 125 cm³/mol. The number of fused-ring (bicyclic) bond motifs is 1. The van der Waals surface area contributed by atoms with Crippen LogP contribution in [0.3, 0.4) is 0 Å². The van der Waals surface area contributed by atoms with E-state index in [1.54, 1.807) is 36.4 Å².